The highest BCUT2D eigenvalue weighted by Gasteiger charge is 2.15. The van der Waals surface area contributed by atoms with Gasteiger partial charge in [-0.15, -0.1) is 0 Å². The number of hydrogen-bond donors (Lipinski definition) is 2. The molecule has 1 aromatic heterocycles. The topological polar surface area (TPSA) is 85.6 Å². The third-order valence-corrected chi connectivity index (χ3v) is 5.27. The Morgan fingerprint density at radius 3 is 2.80 bits per heavy atom. The zero-order chi connectivity index (χ0) is 21.3. The van der Waals surface area contributed by atoms with Crippen LogP contribution < -0.4 is 10.1 Å². The van der Waals surface area contributed by atoms with E-state index >= 15 is 0 Å². The molecule has 1 heterocycles. The fourth-order valence-electron chi connectivity index (χ4n) is 2.77. The summed E-state index contributed by atoms with van der Waals surface area (Å²) < 4.78 is 5.74. The Balaban J connectivity index is 1.62. The van der Waals surface area contributed by atoms with Crippen LogP contribution in [0.25, 0.3) is 0 Å². The zero-order valence-corrected chi connectivity index (χ0v) is 17.6. The first-order valence-electron chi connectivity index (χ1n) is 9.18. The van der Waals surface area contributed by atoms with Gasteiger partial charge in [0.15, 0.2) is 0 Å². The number of thiophene rings is 1. The van der Waals surface area contributed by atoms with Crippen molar-refractivity contribution in [2.45, 2.75) is 13.2 Å². The summed E-state index contributed by atoms with van der Waals surface area (Å²) in [6, 6.07) is 15.9. The van der Waals surface area contributed by atoms with Crippen molar-refractivity contribution in [1.29, 1.82) is 5.26 Å². The molecule has 0 fully saturated rings. The molecule has 8 heteroatoms. The lowest BCUT2D eigenvalue weighted by Crippen LogP contribution is -2.36. The van der Waals surface area contributed by atoms with Crippen LogP contribution >= 0.6 is 22.9 Å². The minimum absolute atomic E-state index is 0.127. The third kappa shape index (κ3) is 5.97. The van der Waals surface area contributed by atoms with E-state index in [0.717, 1.165) is 11.1 Å². The quantitative estimate of drug-likeness (QED) is 0.521. The second-order valence-corrected chi connectivity index (χ2v) is 7.64. The number of aliphatic hydroxyl groups excluding tert-OH is 1. The molecular formula is C22H20ClN3O3S. The molecule has 0 spiro atoms. The predicted molar refractivity (Wildman–Crippen MR) is 118 cm³/mol. The highest BCUT2D eigenvalue weighted by atomic mass is 35.5. The lowest BCUT2D eigenvalue weighted by atomic mass is 10.1. The lowest BCUT2D eigenvalue weighted by molar-refractivity contribution is 0.185. The summed E-state index contributed by atoms with van der Waals surface area (Å²) in [4.78, 5) is 14.1. The summed E-state index contributed by atoms with van der Waals surface area (Å²) >= 11 is 7.87. The van der Waals surface area contributed by atoms with Crippen LogP contribution in [0.3, 0.4) is 0 Å². The molecule has 0 aliphatic heterocycles. The second kappa shape index (κ2) is 10.6. The zero-order valence-electron chi connectivity index (χ0n) is 16.0. The number of carbonyl (C=O) groups excluding carboxylic acids is 1. The minimum Gasteiger partial charge on any atom is -0.487 e. The number of amides is 2. The van der Waals surface area contributed by atoms with Crippen LogP contribution in [0.2, 0.25) is 5.02 Å². The summed E-state index contributed by atoms with van der Waals surface area (Å²) in [5.41, 5.74) is 2.95. The van der Waals surface area contributed by atoms with Crippen LogP contribution in [0, 0.1) is 11.3 Å². The number of halogens is 1. The van der Waals surface area contributed by atoms with Gasteiger partial charge in [0.1, 0.15) is 12.4 Å². The van der Waals surface area contributed by atoms with Crippen molar-refractivity contribution in [3.8, 4) is 11.8 Å². The molecule has 2 amide bonds. The van der Waals surface area contributed by atoms with Crippen LogP contribution in [-0.4, -0.2) is 29.2 Å². The molecule has 3 aromatic rings. The molecule has 0 bridgehead atoms. The first-order chi connectivity index (χ1) is 14.6. The minimum atomic E-state index is -0.326. The molecule has 3 rings (SSSR count). The van der Waals surface area contributed by atoms with Crippen LogP contribution in [0.15, 0.2) is 59.3 Å². The van der Waals surface area contributed by atoms with Gasteiger partial charge in [0.05, 0.1) is 23.3 Å². The molecule has 0 aliphatic carbocycles. The number of nitriles is 1. The molecule has 0 aliphatic rings. The van der Waals surface area contributed by atoms with Crippen LogP contribution in [-0.2, 0) is 13.2 Å². The van der Waals surface area contributed by atoms with Crippen molar-refractivity contribution >= 4 is 34.7 Å². The monoisotopic (exact) mass is 441 g/mol. The first kappa shape index (κ1) is 21.7. The number of rotatable bonds is 8. The Hall–Kier alpha value is -3.05. The molecular weight excluding hydrogens is 422 g/mol. The van der Waals surface area contributed by atoms with Crippen molar-refractivity contribution in [2.75, 3.05) is 18.5 Å². The van der Waals surface area contributed by atoms with E-state index in [2.05, 4.69) is 11.4 Å². The van der Waals surface area contributed by atoms with Gasteiger partial charge in [-0.05, 0) is 58.3 Å². The molecule has 2 aromatic carbocycles. The van der Waals surface area contributed by atoms with E-state index in [9.17, 15) is 9.90 Å². The number of nitrogens with zero attached hydrogens (tertiary/aromatic N) is 2. The number of anilines is 1. The fraction of sp³-hybridized carbons (Fsp3) is 0.182. The number of carbonyl (C=O) groups is 1. The maximum Gasteiger partial charge on any atom is 0.322 e. The van der Waals surface area contributed by atoms with E-state index in [-0.39, 0.29) is 25.8 Å². The molecule has 0 unspecified atom stereocenters. The van der Waals surface area contributed by atoms with Gasteiger partial charge >= 0.3 is 6.03 Å². The molecule has 0 radical (unpaired) electrons. The fourth-order valence-corrected chi connectivity index (χ4v) is 3.66. The van der Waals surface area contributed by atoms with Crippen molar-refractivity contribution in [1.82, 2.24) is 4.90 Å². The molecule has 154 valence electrons. The maximum absolute atomic E-state index is 12.6. The van der Waals surface area contributed by atoms with Gasteiger partial charge in [-0.25, -0.2) is 4.79 Å². The van der Waals surface area contributed by atoms with Crippen LogP contribution in [0.5, 0.6) is 5.75 Å². The Morgan fingerprint density at radius 1 is 1.23 bits per heavy atom. The molecule has 0 saturated heterocycles. The van der Waals surface area contributed by atoms with Crippen LogP contribution in [0.4, 0.5) is 10.5 Å². The Morgan fingerprint density at radius 2 is 2.10 bits per heavy atom. The summed E-state index contributed by atoms with van der Waals surface area (Å²) in [7, 11) is 0. The number of hydrogen-bond acceptors (Lipinski definition) is 5. The summed E-state index contributed by atoms with van der Waals surface area (Å²) in [6.07, 6.45) is 0. The van der Waals surface area contributed by atoms with Gasteiger partial charge in [-0.1, -0.05) is 23.7 Å². The highest BCUT2D eigenvalue weighted by molar-refractivity contribution is 7.07. The molecule has 0 saturated carbocycles. The summed E-state index contributed by atoms with van der Waals surface area (Å²) in [5, 5.41) is 25.3. The van der Waals surface area contributed by atoms with Crippen molar-refractivity contribution < 1.29 is 14.6 Å². The summed E-state index contributed by atoms with van der Waals surface area (Å²) in [5.74, 6) is 0.475. The second-order valence-electron chi connectivity index (χ2n) is 6.45. The highest BCUT2D eigenvalue weighted by Crippen LogP contribution is 2.28. The van der Waals surface area contributed by atoms with E-state index in [4.69, 9.17) is 21.6 Å². The van der Waals surface area contributed by atoms with E-state index in [1.165, 1.54) is 4.90 Å². The van der Waals surface area contributed by atoms with E-state index in [0.29, 0.717) is 28.6 Å². The lowest BCUT2D eigenvalue weighted by Gasteiger charge is -2.22. The SMILES string of the molecule is N#Cc1cccc(COc2ccc(NC(=O)N(CCO)Cc3ccsc3)cc2Cl)c1. The Bertz CT molecular complexity index is 1030. The number of urea groups is 1. The van der Waals surface area contributed by atoms with Crippen molar-refractivity contribution in [3.05, 3.63) is 81.0 Å². The molecule has 6 nitrogen and oxygen atoms in total. The van der Waals surface area contributed by atoms with Gasteiger partial charge in [-0.2, -0.15) is 16.6 Å². The number of benzene rings is 2. The van der Waals surface area contributed by atoms with E-state index < -0.39 is 0 Å². The van der Waals surface area contributed by atoms with E-state index in [1.807, 2.05) is 22.9 Å². The Kier molecular flexibility index (Phi) is 7.69. The number of nitrogens with one attached hydrogen (secondary N) is 1. The third-order valence-electron chi connectivity index (χ3n) is 4.24. The largest absolute Gasteiger partial charge is 0.487 e. The summed E-state index contributed by atoms with van der Waals surface area (Å²) in [6.45, 7) is 0.773. The molecule has 0 atom stereocenters. The average molecular weight is 442 g/mol. The van der Waals surface area contributed by atoms with Gasteiger partial charge in [0.25, 0.3) is 0 Å². The van der Waals surface area contributed by atoms with Crippen molar-refractivity contribution in [3.63, 3.8) is 0 Å². The normalized spacial score (nSPS) is 10.3. The molecule has 30 heavy (non-hydrogen) atoms. The van der Waals surface area contributed by atoms with Crippen LogP contribution in [0.1, 0.15) is 16.7 Å². The smallest absolute Gasteiger partial charge is 0.322 e. The first-order valence-corrected chi connectivity index (χ1v) is 10.5. The average Bonchev–Trinajstić information content (AvgIpc) is 3.26. The number of aliphatic hydroxyl groups is 1. The predicted octanol–water partition coefficient (Wildman–Crippen LogP) is 4.88. The van der Waals surface area contributed by atoms with Gasteiger partial charge in [-0.3, -0.25) is 0 Å². The van der Waals surface area contributed by atoms with Gasteiger partial charge < -0.3 is 20.1 Å². The maximum atomic E-state index is 12.6. The van der Waals surface area contributed by atoms with Gasteiger partial charge in [0.2, 0.25) is 0 Å². The molecule has 2 N–H and O–H groups in total. The van der Waals surface area contributed by atoms with Crippen molar-refractivity contribution in [2.24, 2.45) is 0 Å². The Labute approximate surface area is 183 Å². The standard InChI is InChI=1S/C22H20ClN3O3S/c23-20-11-19(25-22(28)26(7-8-27)13-18-6-9-30-15-18)4-5-21(20)29-14-17-3-1-2-16(10-17)12-24/h1-6,9-11,15,27H,7-8,13-14H2,(H,25,28). The van der Waals surface area contributed by atoms with E-state index in [1.54, 1.807) is 47.7 Å². The van der Waals surface area contributed by atoms with Gasteiger partial charge in [0, 0.05) is 18.8 Å². The number of ether oxygens (including phenoxy) is 1.